The van der Waals surface area contributed by atoms with Crippen molar-refractivity contribution < 1.29 is 9.15 Å². The van der Waals surface area contributed by atoms with E-state index in [0.717, 1.165) is 53.0 Å². The van der Waals surface area contributed by atoms with Gasteiger partial charge in [-0.15, -0.1) is 0 Å². The Labute approximate surface area is 140 Å². The van der Waals surface area contributed by atoms with Gasteiger partial charge in [-0.3, -0.25) is 0 Å². The molecule has 3 nitrogen and oxygen atoms in total. The highest BCUT2D eigenvalue weighted by Crippen LogP contribution is 2.37. The van der Waals surface area contributed by atoms with Gasteiger partial charge in [-0.2, -0.15) is 0 Å². The standard InChI is InChI=1S/C21H18O3/c1-23-16-11-9-15(10-12-16)19-13-20(22)24-21-17-7-3-2-5-14(17)6-4-8-18(19)21/h2-3,5,7,9-13H,4,6,8H2,1H3. The molecule has 0 fully saturated rings. The zero-order valence-electron chi connectivity index (χ0n) is 13.5. The number of methoxy groups -OCH3 is 1. The molecule has 1 heterocycles. The molecule has 0 atom stereocenters. The quantitative estimate of drug-likeness (QED) is 0.700. The first-order chi connectivity index (χ1) is 11.8. The average molecular weight is 318 g/mol. The van der Waals surface area contributed by atoms with Gasteiger partial charge in [0, 0.05) is 17.2 Å². The van der Waals surface area contributed by atoms with E-state index in [1.54, 1.807) is 13.2 Å². The van der Waals surface area contributed by atoms with Crippen LogP contribution in [0.1, 0.15) is 17.5 Å². The fourth-order valence-corrected chi connectivity index (χ4v) is 3.43. The van der Waals surface area contributed by atoms with E-state index in [-0.39, 0.29) is 5.63 Å². The molecule has 0 bridgehead atoms. The Balaban J connectivity index is 1.95. The Morgan fingerprint density at radius 2 is 1.75 bits per heavy atom. The Kier molecular flexibility index (Phi) is 3.69. The van der Waals surface area contributed by atoms with E-state index in [2.05, 4.69) is 6.07 Å². The van der Waals surface area contributed by atoms with E-state index >= 15 is 0 Å². The number of rotatable bonds is 2. The zero-order chi connectivity index (χ0) is 16.5. The SMILES string of the molecule is COc1ccc(-c2cc(=O)oc3c2CCCc2ccccc2-3)cc1. The summed E-state index contributed by atoms with van der Waals surface area (Å²) in [5.41, 5.74) is 5.06. The van der Waals surface area contributed by atoms with Gasteiger partial charge >= 0.3 is 5.63 Å². The highest BCUT2D eigenvalue weighted by atomic mass is 16.5. The first kappa shape index (κ1) is 14.8. The summed E-state index contributed by atoms with van der Waals surface area (Å²) in [5.74, 6) is 1.53. The van der Waals surface area contributed by atoms with Gasteiger partial charge in [-0.1, -0.05) is 36.4 Å². The summed E-state index contributed by atoms with van der Waals surface area (Å²) in [5, 5.41) is 0. The third-order valence-corrected chi connectivity index (χ3v) is 4.60. The van der Waals surface area contributed by atoms with Crippen LogP contribution in [-0.4, -0.2) is 7.11 Å². The normalized spacial score (nSPS) is 12.9. The molecule has 1 aliphatic carbocycles. The molecule has 0 radical (unpaired) electrons. The van der Waals surface area contributed by atoms with Gasteiger partial charge < -0.3 is 9.15 Å². The molecule has 0 unspecified atom stereocenters. The maximum absolute atomic E-state index is 12.2. The van der Waals surface area contributed by atoms with Crippen LogP contribution in [0.4, 0.5) is 0 Å². The molecule has 24 heavy (non-hydrogen) atoms. The van der Waals surface area contributed by atoms with Gasteiger partial charge in [-0.25, -0.2) is 4.79 Å². The Bertz CT molecular complexity index is 936. The van der Waals surface area contributed by atoms with Crippen LogP contribution in [0, 0.1) is 0 Å². The molecule has 120 valence electrons. The van der Waals surface area contributed by atoms with Crippen molar-refractivity contribution in [3.8, 4) is 28.2 Å². The van der Waals surface area contributed by atoms with Crippen molar-refractivity contribution in [3.05, 3.63) is 76.1 Å². The van der Waals surface area contributed by atoms with Crippen LogP contribution in [0.3, 0.4) is 0 Å². The largest absolute Gasteiger partial charge is 0.497 e. The Morgan fingerprint density at radius 3 is 2.54 bits per heavy atom. The van der Waals surface area contributed by atoms with Crippen LogP contribution in [0.25, 0.3) is 22.5 Å². The van der Waals surface area contributed by atoms with Crippen LogP contribution < -0.4 is 10.4 Å². The summed E-state index contributed by atoms with van der Waals surface area (Å²) in [4.78, 5) is 12.2. The smallest absolute Gasteiger partial charge is 0.336 e. The molecule has 3 aromatic rings. The highest BCUT2D eigenvalue weighted by molar-refractivity contribution is 5.77. The van der Waals surface area contributed by atoms with Gasteiger partial charge in [0.1, 0.15) is 11.5 Å². The Morgan fingerprint density at radius 1 is 0.958 bits per heavy atom. The van der Waals surface area contributed by atoms with E-state index < -0.39 is 0 Å². The van der Waals surface area contributed by atoms with Crippen molar-refractivity contribution in [2.45, 2.75) is 19.3 Å². The monoisotopic (exact) mass is 318 g/mol. The molecular formula is C21H18O3. The zero-order valence-corrected chi connectivity index (χ0v) is 13.5. The second kappa shape index (κ2) is 6.00. The molecule has 2 aromatic carbocycles. The van der Waals surface area contributed by atoms with Crippen molar-refractivity contribution in [2.75, 3.05) is 7.11 Å². The summed E-state index contributed by atoms with van der Waals surface area (Å²) >= 11 is 0. The number of benzene rings is 2. The summed E-state index contributed by atoms with van der Waals surface area (Å²) in [7, 11) is 1.65. The molecule has 0 N–H and O–H groups in total. The number of hydrogen-bond acceptors (Lipinski definition) is 3. The predicted octanol–water partition coefficient (Wildman–Crippen LogP) is 4.47. The fraction of sp³-hybridized carbons (Fsp3) is 0.190. The summed E-state index contributed by atoms with van der Waals surface area (Å²) in [6.07, 6.45) is 2.94. The minimum absolute atomic E-state index is 0.309. The molecular weight excluding hydrogens is 300 g/mol. The third-order valence-electron chi connectivity index (χ3n) is 4.60. The Hall–Kier alpha value is -2.81. The number of fused-ring (bicyclic) bond motifs is 3. The van der Waals surface area contributed by atoms with E-state index in [9.17, 15) is 4.79 Å². The maximum atomic E-state index is 12.2. The number of ether oxygens (including phenoxy) is 1. The second-order valence-electron chi connectivity index (χ2n) is 6.03. The van der Waals surface area contributed by atoms with E-state index in [0.29, 0.717) is 0 Å². The molecule has 3 heteroatoms. The van der Waals surface area contributed by atoms with Crippen molar-refractivity contribution in [2.24, 2.45) is 0 Å². The van der Waals surface area contributed by atoms with Crippen LogP contribution >= 0.6 is 0 Å². The fourth-order valence-electron chi connectivity index (χ4n) is 3.43. The summed E-state index contributed by atoms with van der Waals surface area (Å²) < 4.78 is 10.9. The molecule has 1 aliphatic rings. The third kappa shape index (κ3) is 2.52. The lowest BCUT2D eigenvalue weighted by molar-refractivity contribution is 0.415. The summed E-state index contributed by atoms with van der Waals surface area (Å²) in [6, 6.07) is 17.6. The van der Waals surface area contributed by atoms with Gasteiger partial charge in [0.25, 0.3) is 0 Å². The molecule has 0 saturated heterocycles. The van der Waals surface area contributed by atoms with Crippen molar-refractivity contribution in [1.29, 1.82) is 0 Å². The molecule has 4 rings (SSSR count). The van der Waals surface area contributed by atoms with Crippen molar-refractivity contribution >= 4 is 0 Å². The van der Waals surface area contributed by atoms with Gasteiger partial charge in [0.05, 0.1) is 7.11 Å². The number of aryl methyl sites for hydroxylation is 1. The minimum Gasteiger partial charge on any atom is -0.497 e. The van der Waals surface area contributed by atoms with Crippen LogP contribution in [-0.2, 0) is 12.8 Å². The van der Waals surface area contributed by atoms with Crippen LogP contribution in [0.15, 0.2) is 63.8 Å². The lowest BCUT2D eigenvalue weighted by Crippen LogP contribution is -2.04. The number of hydrogen-bond donors (Lipinski definition) is 0. The predicted molar refractivity (Wildman–Crippen MR) is 94.4 cm³/mol. The highest BCUT2D eigenvalue weighted by Gasteiger charge is 2.21. The molecule has 0 saturated carbocycles. The minimum atomic E-state index is -0.309. The maximum Gasteiger partial charge on any atom is 0.336 e. The molecule has 1 aromatic heterocycles. The first-order valence-corrected chi connectivity index (χ1v) is 8.16. The van der Waals surface area contributed by atoms with Crippen LogP contribution in [0.2, 0.25) is 0 Å². The second-order valence-corrected chi connectivity index (χ2v) is 6.03. The van der Waals surface area contributed by atoms with Gasteiger partial charge in [0.2, 0.25) is 0 Å². The topological polar surface area (TPSA) is 39.4 Å². The lowest BCUT2D eigenvalue weighted by atomic mass is 9.95. The summed E-state index contributed by atoms with van der Waals surface area (Å²) in [6.45, 7) is 0. The van der Waals surface area contributed by atoms with Gasteiger partial charge in [-0.05, 0) is 48.1 Å². The van der Waals surface area contributed by atoms with Crippen molar-refractivity contribution in [1.82, 2.24) is 0 Å². The lowest BCUT2D eigenvalue weighted by Gasteiger charge is -2.12. The van der Waals surface area contributed by atoms with Crippen LogP contribution in [0.5, 0.6) is 5.75 Å². The average Bonchev–Trinajstić information content (AvgIpc) is 2.81. The van der Waals surface area contributed by atoms with E-state index in [1.165, 1.54) is 5.56 Å². The van der Waals surface area contributed by atoms with E-state index in [4.69, 9.17) is 9.15 Å². The molecule has 0 amide bonds. The first-order valence-electron chi connectivity index (χ1n) is 8.16. The molecule has 0 aliphatic heterocycles. The van der Waals surface area contributed by atoms with E-state index in [1.807, 2.05) is 42.5 Å². The molecule has 0 spiro atoms. The van der Waals surface area contributed by atoms with Crippen molar-refractivity contribution in [3.63, 3.8) is 0 Å². The van der Waals surface area contributed by atoms with Gasteiger partial charge in [0.15, 0.2) is 0 Å².